The summed E-state index contributed by atoms with van der Waals surface area (Å²) in [6.45, 7) is 5.86. The Balaban J connectivity index is 0.000000774. The van der Waals surface area contributed by atoms with Gasteiger partial charge in [0.25, 0.3) is 5.56 Å². The number of nitrogens with two attached hydrogens (primary N) is 1. The van der Waals surface area contributed by atoms with Crippen LogP contribution in [-0.2, 0) is 4.74 Å². The molecule has 7 nitrogen and oxygen atoms in total. The van der Waals surface area contributed by atoms with Gasteiger partial charge in [-0.05, 0) is 25.3 Å². The number of aromatic nitrogens is 3. The Morgan fingerprint density at radius 2 is 2.24 bits per heavy atom. The van der Waals surface area contributed by atoms with Crippen LogP contribution in [0.3, 0.4) is 0 Å². The molecule has 1 fully saturated rings. The molecule has 1 saturated heterocycles. The number of anilines is 1. The van der Waals surface area contributed by atoms with Crippen molar-refractivity contribution in [1.82, 2.24) is 14.5 Å². The normalized spacial score (nSPS) is 21.3. The van der Waals surface area contributed by atoms with Crippen LogP contribution in [0.25, 0.3) is 11.0 Å². The Morgan fingerprint density at radius 3 is 2.86 bits per heavy atom. The van der Waals surface area contributed by atoms with Crippen LogP contribution in [-0.4, -0.2) is 32.4 Å². The van der Waals surface area contributed by atoms with Crippen molar-refractivity contribution in [2.75, 3.05) is 12.3 Å². The fraction of sp³-hybridized carbons (Fsp3) is 0.571. The first kappa shape index (κ1) is 15.5. The van der Waals surface area contributed by atoms with Crippen LogP contribution in [0, 0.1) is 6.92 Å². The molecule has 0 radical (unpaired) electrons. The number of nitrogen functional groups attached to an aromatic ring is 1. The first-order valence-corrected chi connectivity index (χ1v) is 7.23. The second kappa shape index (κ2) is 6.28. The number of hydrogen-bond acceptors (Lipinski definition) is 5. The van der Waals surface area contributed by atoms with Crippen molar-refractivity contribution < 1.29 is 9.84 Å². The molecular weight excluding hydrogens is 272 g/mol. The van der Waals surface area contributed by atoms with E-state index in [0.717, 1.165) is 18.4 Å². The van der Waals surface area contributed by atoms with Gasteiger partial charge in [-0.1, -0.05) is 13.8 Å². The van der Waals surface area contributed by atoms with Gasteiger partial charge in [-0.25, -0.2) is 0 Å². The molecule has 0 aliphatic carbocycles. The molecule has 2 aromatic rings. The van der Waals surface area contributed by atoms with Crippen molar-refractivity contribution in [3.63, 3.8) is 0 Å². The predicted molar refractivity (Wildman–Crippen MR) is 81.1 cm³/mol. The van der Waals surface area contributed by atoms with E-state index in [9.17, 15) is 4.79 Å². The van der Waals surface area contributed by atoms with Crippen molar-refractivity contribution in [2.45, 2.75) is 45.9 Å². The lowest BCUT2D eigenvalue weighted by atomic mass is 10.2. The summed E-state index contributed by atoms with van der Waals surface area (Å²) < 4.78 is 7.54. The maximum atomic E-state index is 11.9. The molecule has 2 atom stereocenters. The highest BCUT2D eigenvalue weighted by molar-refractivity contribution is 5.80. The molecule has 0 spiro atoms. The Kier molecular flexibility index (Phi) is 4.64. The van der Waals surface area contributed by atoms with Crippen LogP contribution in [0.4, 0.5) is 5.95 Å². The fourth-order valence-corrected chi connectivity index (χ4v) is 2.60. The highest BCUT2D eigenvalue weighted by Gasteiger charge is 2.28. The van der Waals surface area contributed by atoms with Gasteiger partial charge in [0, 0.05) is 6.20 Å². The number of aliphatic hydroxyl groups is 1. The largest absolute Gasteiger partial charge is 0.394 e. The number of ether oxygens (including phenoxy) is 1. The van der Waals surface area contributed by atoms with Crippen molar-refractivity contribution in [2.24, 2.45) is 0 Å². The third-order valence-electron chi connectivity index (χ3n) is 3.49. The van der Waals surface area contributed by atoms with E-state index in [4.69, 9.17) is 15.6 Å². The van der Waals surface area contributed by atoms with E-state index < -0.39 is 0 Å². The minimum absolute atomic E-state index is 0.00480. The number of nitrogens with one attached hydrogen (secondary N) is 1. The lowest BCUT2D eigenvalue weighted by Gasteiger charge is -2.14. The van der Waals surface area contributed by atoms with E-state index in [1.807, 2.05) is 31.5 Å². The zero-order valence-electron chi connectivity index (χ0n) is 12.6. The average Bonchev–Trinajstić information content (AvgIpc) is 3.05. The summed E-state index contributed by atoms with van der Waals surface area (Å²) in [6, 6.07) is 0. The maximum Gasteiger partial charge on any atom is 0.262 e. The summed E-state index contributed by atoms with van der Waals surface area (Å²) in [5.74, 6) is 0.0913. The standard InChI is InChI=1S/C12H16N4O3.C2H6/c1-6-4-16(8-3-2-7(5-17)19-8)10-9(6)11(18)15-12(13)14-10;1-2/h4,7-8,17H,2-3,5H2,1H3,(H3,13,14,15,18);1-2H3. The average molecular weight is 294 g/mol. The molecule has 2 aromatic heterocycles. The second-order valence-electron chi connectivity index (χ2n) is 4.84. The molecule has 21 heavy (non-hydrogen) atoms. The maximum absolute atomic E-state index is 11.9. The number of nitrogens with zero attached hydrogens (tertiary/aromatic N) is 2. The van der Waals surface area contributed by atoms with E-state index in [1.54, 1.807) is 0 Å². The van der Waals surface area contributed by atoms with Gasteiger partial charge in [-0.15, -0.1) is 0 Å². The smallest absolute Gasteiger partial charge is 0.262 e. The summed E-state index contributed by atoms with van der Waals surface area (Å²) >= 11 is 0. The van der Waals surface area contributed by atoms with Crippen LogP contribution < -0.4 is 11.3 Å². The third-order valence-corrected chi connectivity index (χ3v) is 3.49. The predicted octanol–water partition coefficient (Wildman–Crippen LogP) is 1.31. The first-order valence-electron chi connectivity index (χ1n) is 7.23. The lowest BCUT2D eigenvalue weighted by molar-refractivity contribution is -0.0205. The molecule has 0 amide bonds. The molecule has 1 aliphatic heterocycles. The lowest BCUT2D eigenvalue weighted by Crippen LogP contribution is -2.16. The molecule has 0 saturated carbocycles. The van der Waals surface area contributed by atoms with Gasteiger partial charge in [-0.3, -0.25) is 9.78 Å². The molecule has 0 aromatic carbocycles. The van der Waals surface area contributed by atoms with Crippen LogP contribution in [0.5, 0.6) is 0 Å². The van der Waals surface area contributed by atoms with Gasteiger partial charge >= 0.3 is 0 Å². The second-order valence-corrected chi connectivity index (χ2v) is 4.84. The van der Waals surface area contributed by atoms with Gasteiger partial charge < -0.3 is 20.1 Å². The Hall–Kier alpha value is -1.86. The number of rotatable bonds is 2. The van der Waals surface area contributed by atoms with E-state index >= 15 is 0 Å². The number of fused-ring (bicyclic) bond motifs is 1. The number of H-pyrrole nitrogens is 1. The number of hydrogen-bond donors (Lipinski definition) is 3. The van der Waals surface area contributed by atoms with E-state index in [-0.39, 0.29) is 30.4 Å². The molecule has 1 aliphatic rings. The van der Waals surface area contributed by atoms with Gasteiger partial charge in [-0.2, -0.15) is 4.98 Å². The molecule has 2 unspecified atom stereocenters. The highest BCUT2D eigenvalue weighted by Crippen LogP contribution is 2.31. The van der Waals surface area contributed by atoms with Crippen molar-refractivity contribution in [3.8, 4) is 0 Å². The van der Waals surface area contributed by atoms with E-state index in [2.05, 4.69) is 9.97 Å². The molecule has 0 bridgehead atoms. The molecular formula is C14H22N4O3. The van der Waals surface area contributed by atoms with Crippen molar-refractivity contribution >= 4 is 17.0 Å². The minimum atomic E-state index is -0.240. The molecule has 116 valence electrons. The van der Waals surface area contributed by atoms with Crippen LogP contribution in [0.1, 0.15) is 38.5 Å². The van der Waals surface area contributed by atoms with Gasteiger partial charge in [0.15, 0.2) is 5.65 Å². The Bertz CT molecular complexity index is 677. The van der Waals surface area contributed by atoms with Crippen molar-refractivity contribution in [1.29, 1.82) is 0 Å². The molecule has 4 N–H and O–H groups in total. The highest BCUT2D eigenvalue weighted by atomic mass is 16.5. The fourth-order valence-electron chi connectivity index (χ4n) is 2.60. The third kappa shape index (κ3) is 2.79. The monoisotopic (exact) mass is 294 g/mol. The Morgan fingerprint density at radius 1 is 1.52 bits per heavy atom. The van der Waals surface area contributed by atoms with Gasteiger partial charge in [0.2, 0.25) is 5.95 Å². The van der Waals surface area contributed by atoms with E-state index in [0.29, 0.717) is 11.0 Å². The molecule has 3 heterocycles. The van der Waals surface area contributed by atoms with E-state index in [1.165, 1.54) is 0 Å². The van der Waals surface area contributed by atoms with Crippen LogP contribution in [0.2, 0.25) is 0 Å². The number of aryl methyl sites for hydroxylation is 1. The molecule has 3 rings (SSSR count). The Labute approximate surface area is 122 Å². The SMILES string of the molecule is CC.Cc1cn(C2CCC(CO)O2)c2nc(N)[nH]c(=O)c12. The first-order chi connectivity index (χ1) is 10.1. The summed E-state index contributed by atoms with van der Waals surface area (Å²) in [5.41, 5.74) is 6.72. The summed E-state index contributed by atoms with van der Waals surface area (Å²) in [5, 5.41) is 9.65. The summed E-state index contributed by atoms with van der Waals surface area (Å²) in [6.07, 6.45) is 3.06. The summed E-state index contributed by atoms with van der Waals surface area (Å²) in [4.78, 5) is 18.6. The van der Waals surface area contributed by atoms with Gasteiger partial charge in [0.1, 0.15) is 6.23 Å². The van der Waals surface area contributed by atoms with Crippen molar-refractivity contribution in [3.05, 3.63) is 22.1 Å². The minimum Gasteiger partial charge on any atom is -0.394 e. The molecule has 7 heteroatoms. The van der Waals surface area contributed by atoms with Gasteiger partial charge in [0.05, 0.1) is 18.1 Å². The van der Waals surface area contributed by atoms with Crippen LogP contribution in [0.15, 0.2) is 11.0 Å². The topological polar surface area (TPSA) is 106 Å². The number of aliphatic hydroxyl groups excluding tert-OH is 1. The zero-order valence-corrected chi connectivity index (χ0v) is 12.6. The zero-order chi connectivity index (χ0) is 15.6. The number of aromatic amines is 1. The summed E-state index contributed by atoms with van der Waals surface area (Å²) in [7, 11) is 0. The van der Waals surface area contributed by atoms with Crippen LogP contribution >= 0.6 is 0 Å². The quantitative estimate of drug-likeness (QED) is 0.774.